The van der Waals surface area contributed by atoms with E-state index in [1.165, 1.54) is 10.8 Å². The Balaban J connectivity index is 0.000000151. The molecule has 0 aliphatic carbocycles. The second-order valence-electron chi connectivity index (χ2n) is 5.15. The molecule has 0 aliphatic rings. The normalized spacial score (nSPS) is 10.1. The fourth-order valence-corrected chi connectivity index (χ4v) is 2.36. The fraction of sp³-hybridized carbons (Fsp3) is 0.0500. The van der Waals surface area contributed by atoms with Crippen LogP contribution in [0.2, 0.25) is 0 Å². The number of para-hydroxylation sites is 2. The Morgan fingerprint density at radius 2 is 1.35 bits per heavy atom. The maximum atomic E-state index is 5.45. The van der Waals surface area contributed by atoms with Crippen LogP contribution in [-0.2, 0) is 0 Å². The molecule has 23 heavy (non-hydrogen) atoms. The van der Waals surface area contributed by atoms with E-state index in [4.69, 9.17) is 10.5 Å². The van der Waals surface area contributed by atoms with Crippen molar-refractivity contribution in [3.05, 3.63) is 78.9 Å². The molecule has 0 saturated heterocycles. The van der Waals surface area contributed by atoms with Crippen LogP contribution in [0.3, 0.4) is 0 Å². The lowest BCUT2D eigenvalue weighted by molar-refractivity contribution is 0.415. The van der Waals surface area contributed by atoms with Crippen LogP contribution in [0.4, 0.5) is 5.69 Å². The van der Waals surface area contributed by atoms with Crippen LogP contribution in [0, 0.1) is 0 Å². The largest absolute Gasteiger partial charge is 0.497 e. The number of anilines is 1. The molecule has 0 fully saturated rings. The average Bonchev–Trinajstić information content (AvgIpc) is 2.60. The minimum absolute atomic E-state index is 0.731. The molecule has 0 amide bonds. The molecule has 3 nitrogen and oxygen atoms in total. The zero-order valence-corrected chi connectivity index (χ0v) is 12.9. The van der Waals surface area contributed by atoms with Crippen LogP contribution in [0.25, 0.3) is 21.8 Å². The molecule has 0 unspecified atom stereocenters. The van der Waals surface area contributed by atoms with E-state index in [0.29, 0.717) is 0 Å². The molecular formula is C20H18N2O. The number of nitrogen functional groups attached to an aromatic ring is 1. The minimum Gasteiger partial charge on any atom is -0.497 e. The number of pyridine rings is 1. The summed E-state index contributed by atoms with van der Waals surface area (Å²) in [6.45, 7) is 0. The van der Waals surface area contributed by atoms with Gasteiger partial charge in [-0.1, -0.05) is 42.5 Å². The van der Waals surface area contributed by atoms with Gasteiger partial charge in [-0.25, -0.2) is 4.98 Å². The first-order valence-corrected chi connectivity index (χ1v) is 7.40. The number of fused-ring (bicyclic) bond motifs is 2. The van der Waals surface area contributed by atoms with Crippen LogP contribution >= 0.6 is 0 Å². The van der Waals surface area contributed by atoms with Crippen LogP contribution < -0.4 is 10.5 Å². The predicted molar refractivity (Wildman–Crippen MR) is 96.7 cm³/mol. The summed E-state index contributed by atoms with van der Waals surface area (Å²) in [5.74, 6) is 0.801. The molecular weight excluding hydrogens is 284 g/mol. The number of aromatic nitrogens is 1. The van der Waals surface area contributed by atoms with E-state index in [2.05, 4.69) is 23.2 Å². The molecule has 3 heteroatoms. The summed E-state index contributed by atoms with van der Waals surface area (Å²) in [5.41, 5.74) is 8.31. The van der Waals surface area contributed by atoms with Gasteiger partial charge in [0.25, 0.3) is 0 Å². The Hall–Kier alpha value is -3.07. The molecule has 0 aliphatic heterocycles. The first kappa shape index (κ1) is 14.9. The van der Waals surface area contributed by atoms with Crippen molar-refractivity contribution < 1.29 is 4.74 Å². The zero-order chi connectivity index (χ0) is 16.1. The zero-order valence-electron chi connectivity index (χ0n) is 12.9. The third kappa shape index (κ3) is 3.58. The number of nitrogens with zero attached hydrogens (tertiary/aromatic N) is 1. The topological polar surface area (TPSA) is 48.1 Å². The van der Waals surface area contributed by atoms with Gasteiger partial charge in [-0.2, -0.15) is 0 Å². The number of hydrogen-bond acceptors (Lipinski definition) is 3. The highest BCUT2D eigenvalue weighted by Crippen LogP contribution is 2.18. The highest BCUT2D eigenvalue weighted by atomic mass is 16.5. The Kier molecular flexibility index (Phi) is 4.39. The number of methoxy groups -OCH3 is 1. The predicted octanol–water partition coefficient (Wildman–Crippen LogP) is 4.67. The van der Waals surface area contributed by atoms with Gasteiger partial charge in [0.15, 0.2) is 0 Å². The maximum absolute atomic E-state index is 5.45. The summed E-state index contributed by atoms with van der Waals surface area (Å²) >= 11 is 0. The third-order valence-corrected chi connectivity index (χ3v) is 3.52. The van der Waals surface area contributed by atoms with E-state index in [0.717, 1.165) is 22.5 Å². The molecule has 3 aromatic carbocycles. The van der Waals surface area contributed by atoms with E-state index < -0.39 is 0 Å². The Bertz CT molecular complexity index is 829. The van der Waals surface area contributed by atoms with Gasteiger partial charge in [0.2, 0.25) is 0 Å². The number of rotatable bonds is 1. The van der Waals surface area contributed by atoms with Crippen molar-refractivity contribution in [1.82, 2.24) is 4.98 Å². The molecule has 114 valence electrons. The number of nitrogens with two attached hydrogens (primary N) is 1. The van der Waals surface area contributed by atoms with E-state index in [1.54, 1.807) is 13.2 Å². The first-order valence-electron chi connectivity index (χ1n) is 7.40. The average molecular weight is 302 g/mol. The van der Waals surface area contributed by atoms with Crippen molar-refractivity contribution in [1.29, 1.82) is 0 Å². The van der Waals surface area contributed by atoms with Gasteiger partial charge in [0.1, 0.15) is 5.75 Å². The van der Waals surface area contributed by atoms with Gasteiger partial charge in [0, 0.05) is 22.5 Å². The standard InChI is InChI=1S/C13H9N.C7H9NO/c1-3-7-12-10(5-1)9-11-6-2-4-8-13(11)14-12;1-9-7-4-2-3-6(8)5-7/h1-9H;2-5H,8H2,1H3. The number of hydrogen-bond donors (Lipinski definition) is 1. The Morgan fingerprint density at radius 1 is 0.739 bits per heavy atom. The summed E-state index contributed by atoms with van der Waals surface area (Å²) in [6, 6.07) is 25.9. The van der Waals surface area contributed by atoms with Crippen molar-refractivity contribution in [2.45, 2.75) is 0 Å². The minimum atomic E-state index is 0.731. The molecule has 0 radical (unpaired) electrons. The molecule has 0 saturated carbocycles. The maximum Gasteiger partial charge on any atom is 0.120 e. The summed E-state index contributed by atoms with van der Waals surface area (Å²) in [4.78, 5) is 4.58. The van der Waals surface area contributed by atoms with Crippen LogP contribution in [-0.4, -0.2) is 12.1 Å². The molecule has 0 atom stereocenters. The molecule has 0 bridgehead atoms. The van der Waals surface area contributed by atoms with Gasteiger partial charge in [-0.05, 0) is 30.3 Å². The van der Waals surface area contributed by atoms with Crippen molar-refractivity contribution in [3.8, 4) is 5.75 Å². The van der Waals surface area contributed by atoms with Crippen molar-refractivity contribution in [2.24, 2.45) is 0 Å². The molecule has 4 rings (SSSR count). The van der Waals surface area contributed by atoms with Crippen molar-refractivity contribution >= 4 is 27.5 Å². The van der Waals surface area contributed by atoms with Crippen molar-refractivity contribution in [3.63, 3.8) is 0 Å². The molecule has 1 heterocycles. The summed E-state index contributed by atoms with van der Waals surface area (Å²) in [7, 11) is 1.62. The van der Waals surface area contributed by atoms with Crippen LogP contribution in [0.5, 0.6) is 5.75 Å². The molecule has 4 aromatic rings. The first-order chi connectivity index (χ1) is 11.3. The van der Waals surface area contributed by atoms with Crippen LogP contribution in [0.1, 0.15) is 0 Å². The molecule has 1 aromatic heterocycles. The van der Waals surface area contributed by atoms with Gasteiger partial charge < -0.3 is 10.5 Å². The van der Waals surface area contributed by atoms with E-state index in [9.17, 15) is 0 Å². The highest BCUT2D eigenvalue weighted by molar-refractivity contribution is 5.92. The van der Waals surface area contributed by atoms with Gasteiger partial charge >= 0.3 is 0 Å². The smallest absolute Gasteiger partial charge is 0.120 e. The SMILES string of the molecule is COc1cccc(N)c1.c1ccc2nc3ccccc3cc2c1. The third-order valence-electron chi connectivity index (χ3n) is 3.52. The van der Waals surface area contributed by atoms with Gasteiger partial charge in [-0.15, -0.1) is 0 Å². The Morgan fingerprint density at radius 3 is 1.87 bits per heavy atom. The highest BCUT2D eigenvalue weighted by Gasteiger charge is 1.96. The lowest BCUT2D eigenvalue weighted by atomic mass is 10.1. The summed E-state index contributed by atoms with van der Waals surface area (Å²) < 4.78 is 4.92. The lowest BCUT2D eigenvalue weighted by Gasteiger charge is -1.99. The van der Waals surface area contributed by atoms with E-state index in [1.807, 2.05) is 54.6 Å². The summed E-state index contributed by atoms with van der Waals surface area (Å²) in [5, 5.41) is 2.40. The van der Waals surface area contributed by atoms with Gasteiger partial charge in [0.05, 0.1) is 18.1 Å². The van der Waals surface area contributed by atoms with E-state index in [-0.39, 0.29) is 0 Å². The second kappa shape index (κ2) is 6.79. The van der Waals surface area contributed by atoms with Crippen molar-refractivity contribution in [2.75, 3.05) is 12.8 Å². The second-order valence-corrected chi connectivity index (χ2v) is 5.15. The molecule has 0 spiro atoms. The monoisotopic (exact) mass is 302 g/mol. The van der Waals surface area contributed by atoms with E-state index >= 15 is 0 Å². The lowest BCUT2D eigenvalue weighted by Crippen LogP contribution is -1.86. The number of ether oxygens (including phenoxy) is 1. The Labute approximate surface area is 135 Å². The van der Waals surface area contributed by atoms with Crippen LogP contribution in [0.15, 0.2) is 78.9 Å². The quantitative estimate of drug-likeness (QED) is 0.411. The fourth-order valence-electron chi connectivity index (χ4n) is 2.36. The number of benzene rings is 3. The molecule has 2 N–H and O–H groups in total. The van der Waals surface area contributed by atoms with Gasteiger partial charge in [-0.3, -0.25) is 0 Å². The summed E-state index contributed by atoms with van der Waals surface area (Å²) in [6.07, 6.45) is 0.